The van der Waals surface area contributed by atoms with Crippen LogP contribution >= 0.6 is 0 Å². The molecule has 1 aliphatic rings. The van der Waals surface area contributed by atoms with Gasteiger partial charge < -0.3 is 20.1 Å². The summed E-state index contributed by atoms with van der Waals surface area (Å²) in [6, 6.07) is 5.33. The van der Waals surface area contributed by atoms with Crippen LogP contribution in [0, 0.1) is 5.82 Å². The lowest BCUT2D eigenvalue weighted by atomic mass is 10.1. The van der Waals surface area contributed by atoms with Gasteiger partial charge >= 0.3 is 0 Å². The Labute approximate surface area is 151 Å². The molecule has 1 aromatic carbocycles. The van der Waals surface area contributed by atoms with Crippen LogP contribution in [0.25, 0.3) is 0 Å². The quantitative estimate of drug-likeness (QED) is 0.663. The Bertz CT molecular complexity index is 958. The Hall–Kier alpha value is -3.27. The summed E-state index contributed by atoms with van der Waals surface area (Å²) >= 11 is 0. The van der Waals surface area contributed by atoms with Gasteiger partial charge in [0.05, 0.1) is 6.54 Å². The molecule has 0 spiro atoms. The third-order valence-corrected chi connectivity index (χ3v) is 4.18. The summed E-state index contributed by atoms with van der Waals surface area (Å²) in [5.41, 5.74) is -1.47. The van der Waals surface area contributed by atoms with E-state index in [2.05, 4.69) is 5.32 Å². The van der Waals surface area contributed by atoms with Gasteiger partial charge in [0.25, 0.3) is 11.8 Å². The van der Waals surface area contributed by atoms with Gasteiger partial charge in [-0.1, -0.05) is 12.1 Å². The fourth-order valence-electron chi connectivity index (χ4n) is 2.74. The van der Waals surface area contributed by atoms with Crippen LogP contribution in [0.3, 0.4) is 0 Å². The van der Waals surface area contributed by atoms with Gasteiger partial charge in [-0.15, -0.1) is 0 Å². The lowest BCUT2D eigenvalue weighted by molar-refractivity contribution is -0.0288. The van der Waals surface area contributed by atoms with Crippen molar-refractivity contribution in [3.63, 3.8) is 0 Å². The predicted molar refractivity (Wildman–Crippen MR) is 88.1 cm³/mol. The molecule has 2 aromatic rings. The first-order valence-corrected chi connectivity index (χ1v) is 7.87. The molecular formula is C17H15F2N3O5. The highest BCUT2D eigenvalue weighted by Crippen LogP contribution is 2.22. The van der Waals surface area contributed by atoms with Crippen LogP contribution in [-0.4, -0.2) is 44.5 Å². The standard InChI is InChI=1S/C17H15F2N3O5/c18-8-22-12(23)7-21-6-11(14(24)15(25)13(21)17(22)27)16(26)20-5-9-1-3-10(19)4-2-9/h1-4,6,12,23,25H,5,7-8H2,(H,20,26). The maximum Gasteiger partial charge on any atom is 0.278 e. The number of amides is 2. The molecule has 0 radical (unpaired) electrons. The minimum atomic E-state index is -1.51. The first-order valence-electron chi connectivity index (χ1n) is 7.87. The molecule has 0 aliphatic carbocycles. The van der Waals surface area contributed by atoms with E-state index in [4.69, 9.17) is 0 Å². The number of aliphatic hydroxyl groups is 1. The van der Waals surface area contributed by atoms with Crippen LogP contribution in [0.4, 0.5) is 8.78 Å². The summed E-state index contributed by atoms with van der Waals surface area (Å²) in [5, 5.41) is 22.3. The Morgan fingerprint density at radius 1 is 1.26 bits per heavy atom. The van der Waals surface area contributed by atoms with Crippen LogP contribution in [0.5, 0.6) is 5.75 Å². The van der Waals surface area contributed by atoms with Crippen LogP contribution in [0.15, 0.2) is 35.3 Å². The topological polar surface area (TPSA) is 112 Å². The predicted octanol–water partition coefficient (Wildman–Crippen LogP) is 0.324. The monoisotopic (exact) mass is 379 g/mol. The number of nitrogens with zero attached hydrogens (tertiary/aromatic N) is 2. The van der Waals surface area contributed by atoms with Crippen molar-refractivity contribution in [3.8, 4) is 5.75 Å². The number of carbonyl (C=O) groups excluding carboxylic acids is 2. The molecule has 0 saturated carbocycles. The van der Waals surface area contributed by atoms with E-state index >= 15 is 0 Å². The van der Waals surface area contributed by atoms with E-state index in [9.17, 15) is 33.4 Å². The first kappa shape index (κ1) is 18.5. The molecule has 0 fully saturated rings. The lowest BCUT2D eigenvalue weighted by Gasteiger charge is -2.32. The number of pyridine rings is 1. The first-order chi connectivity index (χ1) is 12.8. The molecule has 1 atom stereocenters. The summed E-state index contributed by atoms with van der Waals surface area (Å²) in [6.45, 7) is -1.62. The number of hydrogen-bond acceptors (Lipinski definition) is 5. The van der Waals surface area contributed by atoms with Crippen molar-refractivity contribution in [1.82, 2.24) is 14.8 Å². The van der Waals surface area contributed by atoms with Gasteiger partial charge in [-0.05, 0) is 17.7 Å². The van der Waals surface area contributed by atoms with Gasteiger partial charge in [0.1, 0.15) is 17.6 Å². The van der Waals surface area contributed by atoms with Crippen LogP contribution in [-0.2, 0) is 13.1 Å². The van der Waals surface area contributed by atoms with E-state index < -0.39 is 53.1 Å². The molecule has 3 rings (SSSR count). The third kappa shape index (κ3) is 3.38. The maximum atomic E-state index is 12.9. The van der Waals surface area contributed by atoms with E-state index in [0.717, 1.165) is 10.8 Å². The molecule has 1 unspecified atom stereocenters. The van der Waals surface area contributed by atoms with Crippen molar-refractivity contribution >= 4 is 11.8 Å². The Balaban J connectivity index is 1.89. The average Bonchev–Trinajstić information content (AvgIpc) is 2.64. The number of benzene rings is 1. The van der Waals surface area contributed by atoms with Gasteiger partial charge in [-0.2, -0.15) is 0 Å². The van der Waals surface area contributed by atoms with E-state index in [-0.39, 0.29) is 13.1 Å². The number of halogens is 2. The number of alkyl halides is 1. The number of aromatic nitrogens is 1. The van der Waals surface area contributed by atoms with Crippen molar-refractivity contribution in [2.24, 2.45) is 0 Å². The average molecular weight is 379 g/mol. The number of rotatable bonds is 4. The number of hydrogen-bond donors (Lipinski definition) is 3. The van der Waals surface area contributed by atoms with Crippen molar-refractivity contribution < 1.29 is 28.6 Å². The molecular weight excluding hydrogens is 364 g/mol. The largest absolute Gasteiger partial charge is 0.503 e. The van der Waals surface area contributed by atoms with Crippen LogP contribution < -0.4 is 10.7 Å². The van der Waals surface area contributed by atoms with E-state index in [1.54, 1.807) is 0 Å². The second-order valence-electron chi connectivity index (χ2n) is 5.91. The zero-order valence-corrected chi connectivity index (χ0v) is 13.9. The molecule has 3 N–H and O–H groups in total. The molecule has 8 nitrogen and oxygen atoms in total. The molecule has 10 heteroatoms. The zero-order valence-electron chi connectivity index (χ0n) is 13.9. The van der Waals surface area contributed by atoms with Gasteiger partial charge in [0, 0.05) is 12.7 Å². The van der Waals surface area contributed by atoms with Crippen molar-refractivity contribution in [1.29, 1.82) is 0 Å². The molecule has 1 aromatic heterocycles. The minimum absolute atomic E-state index is 0.00173. The molecule has 1 aliphatic heterocycles. The summed E-state index contributed by atoms with van der Waals surface area (Å²) in [5.74, 6) is -3.33. The van der Waals surface area contributed by atoms with E-state index in [1.165, 1.54) is 24.3 Å². The number of carbonyl (C=O) groups is 2. The summed E-state index contributed by atoms with van der Waals surface area (Å²) in [4.78, 5) is 37.1. The second kappa shape index (κ2) is 7.16. The Morgan fingerprint density at radius 3 is 2.56 bits per heavy atom. The molecule has 2 heterocycles. The lowest BCUT2D eigenvalue weighted by Crippen LogP contribution is -2.48. The number of aromatic hydroxyl groups is 1. The number of fused-ring (bicyclic) bond motifs is 1. The highest BCUT2D eigenvalue weighted by Gasteiger charge is 2.35. The highest BCUT2D eigenvalue weighted by molar-refractivity contribution is 5.99. The molecule has 0 saturated heterocycles. The fourth-order valence-corrected chi connectivity index (χ4v) is 2.74. The maximum absolute atomic E-state index is 12.9. The van der Waals surface area contributed by atoms with Gasteiger partial charge in [0.2, 0.25) is 5.43 Å². The summed E-state index contributed by atoms with van der Waals surface area (Å²) < 4.78 is 26.8. The molecule has 2 amide bonds. The second-order valence-corrected chi connectivity index (χ2v) is 5.91. The van der Waals surface area contributed by atoms with Crippen molar-refractivity contribution in [3.05, 3.63) is 63.3 Å². The zero-order chi connectivity index (χ0) is 19.7. The van der Waals surface area contributed by atoms with Crippen molar-refractivity contribution in [2.45, 2.75) is 19.3 Å². The smallest absolute Gasteiger partial charge is 0.278 e. The van der Waals surface area contributed by atoms with E-state index in [0.29, 0.717) is 10.5 Å². The Kier molecular flexibility index (Phi) is 4.91. The summed E-state index contributed by atoms with van der Waals surface area (Å²) in [7, 11) is 0. The highest BCUT2D eigenvalue weighted by atomic mass is 19.1. The van der Waals surface area contributed by atoms with E-state index in [1.807, 2.05) is 0 Å². The van der Waals surface area contributed by atoms with Gasteiger partial charge in [-0.3, -0.25) is 19.3 Å². The van der Waals surface area contributed by atoms with Crippen LogP contribution in [0.2, 0.25) is 0 Å². The van der Waals surface area contributed by atoms with Gasteiger partial charge in [0.15, 0.2) is 18.2 Å². The SMILES string of the molecule is O=C(NCc1ccc(F)cc1)c1cn2c(c(O)c1=O)C(=O)N(CF)C(O)C2. The van der Waals surface area contributed by atoms with Crippen molar-refractivity contribution in [2.75, 3.05) is 6.80 Å². The summed E-state index contributed by atoms with van der Waals surface area (Å²) in [6.07, 6.45) is -0.485. The fraction of sp³-hybridized carbons (Fsp3) is 0.235. The van der Waals surface area contributed by atoms with Gasteiger partial charge in [-0.25, -0.2) is 8.78 Å². The number of nitrogens with one attached hydrogen (secondary N) is 1. The third-order valence-electron chi connectivity index (χ3n) is 4.18. The Morgan fingerprint density at radius 2 is 1.93 bits per heavy atom. The minimum Gasteiger partial charge on any atom is -0.503 e. The normalized spacial score (nSPS) is 16.2. The number of aliphatic hydroxyl groups excluding tert-OH is 1. The van der Waals surface area contributed by atoms with Crippen LogP contribution in [0.1, 0.15) is 26.4 Å². The molecule has 27 heavy (non-hydrogen) atoms. The molecule has 142 valence electrons. The molecule has 0 bridgehead atoms.